The van der Waals surface area contributed by atoms with E-state index in [9.17, 15) is 10.2 Å². The number of aliphatic hydroxyl groups excluding tert-OH is 1. The highest BCUT2D eigenvalue weighted by atomic mass is 16.3. The first kappa shape index (κ1) is 19.8. The molecule has 1 saturated carbocycles. The van der Waals surface area contributed by atoms with Gasteiger partial charge in [0.15, 0.2) is 0 Å². The predicted octanol–water partition coefficient (Wildman–Crippen LogP) is 5.28. The van der Waals surface area contributed by atoms with Crippen molar-refractivity contribution >= 4 is 5.70 Å². The van der Waals surface area contributed by atoms with Crippen molar-refractivity contribution in [2.24, 2.45) is 0 Å². The largest absolute Gasteiger partial charge is 0.506 e. The van der Waals surface area contributed by atoms with Gasteiger partial charge in [-0.3, -0.25) is 4.98 Å². The van der Waals surface area contributed by atoms with Crippen LogP contribution in [0.2, 0.25) is 0 Å². The van der Waals surface area contributed by atoms with Crippen molar-refractivity contribution in [1.29, 1.82) is 0 Å². The SMILES string of the molecule is C=C(c1ccc(O)cn1)N1CCC(c2ccc(-c3ccccc3C3CC3)cc2CO)C1. The maximum Gasteiger partial charge on any atom is 0.133 e. The van der Waals surface area contributed by atoms with Gasteiger partial charge in [0.05, 0.1) is 24.2 Å². The maximum atomic E-state index is 10.2. The molecule has 0 bridgehead atoms. The Morgan fingerprint density at radius 3 is 2.58 bits per heavy atom. The Morgan fingerprint density at radius 1 is 1.00 bits per heavy atom. The van der Waals surface area contributed by atoms with Crippen molar-refractivity contribution in [3.05, 3.63) is 89.8 Å². The normalized spacial score (nSPS) is 18.4. The molecule has 3 aromatic rings. The van der Waals surface area contributed by atoms with Crippen LogP contribution in [0.15, 0.2) is 67.4 Å². The van der Waals surface area contributed by atoms with Gasteiger partial charge in [-0.15, -0.1) is 0 Å². The standard InChI is InChI=1S/C27H28N2O2/c1-18(27-11-9-23(31)15-28-27)29-13-12-21(16-29)24-10-8-20(14-22(24)17-30)26-5-3-2-4-25(26)19-6-7-19/h2-5,8-11,14-15,19,21,30-31H,1,6-7,12-13,16-17H2. The smallest absolute Gasteiger partial charge is 0.133 e. The molecule has 1 saturated heterocycles. The molecule has 4 nitrogen and oxygen atoms in total. The van der Waals surface area contributed by atoms with E-state index in [-0.39, 0.29) is 12.4 Å². The van der Waals surface area contributed by atoms with Crippen molar-refractivity contribution in [1.82, 2.24) is 9.88 Å². The quantitative estimate of drug-likeness (QED) is 0.578. The molecule has 2 aliphatic rings. The molecule has 0 radical (unpaired) electrons. The molecular weight excluding hydrogens is 384 g/mol. The Hall–Kier alpha value is -3.11. The summed E-state index contributed by atoms with van der Waals surface area (Å²) in [6.45, 7) is 6.03. The third-order valence-corrected chi connectivity index (χ3v) is 6.66. The molecule has 2 N–H and O–H groups in total. The van der Waals surface area contributed by atoms with Gasteiger partial charge in [0.1, 0.15) is 5.75 Å². The number of aliphatic hydroxyl groups is 1. The average Bonchev–Trinajstić information content (AvgIpc) is 3.55. The highest BCUT2D eigenvalue weighted by Crippen LogP contribution is 2.45. The molecule has 2 heterocycles. The van der Waals surface area contributed by atoms with Crippen molar-refractivity contribution < 1.29 is 10.2 Å². The van der Waals surface area contributed by atoms with Crippen molar-refractivity contribution in [3.8, 4) is 16.9 Å². The van der Waals surface area contributed by atoms with E-state index in [1.54, 1.807) is 12.1 Å². The summed E-state index contributed by atoms with van der Waals surface area (Å²) in [6, 6.07) is 18.7. The zero-order valence-electron chi connectivity index (χ0n) is 17.7. The lowest BCUT2D eigenvalue weighted by Crippen LogP contribution is -2.19. The zero-order valence-corrected chi connectivity index (χ0v) is 17.7. The van der Waals surface area contributed by atoms with Gasteiger partial charge in [0.2, 0.25) is 0 Å². The summed E-state index contributed by atoms with van der Waals surface area (Å²) in [5.74, 6) is 1.20. The van der Waals surface area contributed by atoms with Crippen molar-refractivity contribution in [3.63, 3.8) is 0 Å². The van der Waals surface area contributed by atoms with E-state index in [1.165, 1.54) is 41.3 Å². The van der Waals surface area contributed by atoms with Crippen LogP contribution < -0.4 is 0 Å². The van der Waals surface area contributed by atoms with Gasteiger partial charge in [-0.05, 0) is 71.2 Å². The summed E-state index contributed by atoms with van der Waals surface area (Å²) in [7, 11) is 0. The molecule has 0 spiro atoms. The van der Waals surface area contributed by atoms with Crippen LogP contribution in [0.5, 0.6) is 5.75 Å². The second-order valence-electron chi connectivity index (χ2n) is 8.71. The number of nitrogens with zero attached hydrogens (tertiary/aromatic N) is 2. The molecule has 1 unspecified atom stereocenters. The topological polar surface area (TPSA) is 56.6 Å². The zero-order chi connectivity index (χ0) is 21.4. The molecule has 1 aliphatic heterocycles. The van der Waals surface area contributed by atoms with E-state index in [0.29, 0.717) is 11.8 Å². The number of hydrogen-bond acceptors (Lipinski definition) is 4. The van der Waals surface area contributed by atoms with Gasteiger partial charge in [-0.1, -0.05) is 43.0 Å². The summed E-state index contributed by atoms with van der Waals surface area (Å²) < 4.78 is 0. The van der Waals surface area contributed by atoms with Gasteiger partial charge in [-0.2, -0.15) is 0 Å². The lowest BCUT2D eigenvalue weighted by Gasteiger charge is -2.22. The number of rotatable bonds is 6. The number of aromatic hydroxyl groups is 1. The van der Waals surface area contributed by atoms with Gasteiger partial charge in [0.25, 0.3) is 0 Å². The molecule has 0 amide bonds. The third-order valence-electron chi connectivity index (χ3n) is 6.66. The van der Waals surface area contributed by atoms with Gasteiger partial charge in [-0.25, -0.2) is 0 Å². The first-order chi connectivity index (χ1) is 15.1. The predicted molar refractivity (Wildman–Crippen MR) is 124 cm³/mol. The van der Waals surface area contributed by atoms with E-state index in [1.807, 2.05) is 0 Å². The summed E-state index contributed by atoms with van der Waals surface area (Å²) in [6.07, 6.45) is 5.03. The first-order valence-electron chi connectivity index (χ1n) is 11.1. The average molecular weight is 413 g/mol. The second kappa shape index (κ2) is 8.20. The Bertz CT molecular complexity index is 1100. The number of likely N-dealkylation sites (tertiary alicyclic amines) is 1. The molecule has 5 rings (SSSR count). The molecule has 1 aromatic heterocycles. The van der Waals surface area contributed by atoms with Gasteiger partial charge >= 0.3 is 0 Å². The minimum atomic E-state index is 0.0474. The lowest BCUT2D eigenvalue weighted by molar-refractivity contribution is 0.280. The van der Waals surface area contributed by atoms with Crippen LogP contribution in [-0.4, -0.2) is 33.2 Å². The fourth-order valence-corrected chi connectivity index (χ4v) is 4.80. The maximum absolute atomic E-state index is 10.2. The molecule has 158 valence electrons. The third kappa shape index (κ3) is 3.96. The highest BCUT2D eigenvalue weighted by molar-refractivity contribution is 5.70. The molecule has 2 aromatic carbocycles. The fraction of sp³-hybridized carbons (Fsp3) is 0.296. The van der Waals surface area contributed by atoms with Gasteiger partial charge in [0, 0.05) is 19.0 Å². The number of aromatic nitrogens is 1. The Balaban J connectivity index is 1.37. The molecule has 31 heavy (non-hydrogen) atoms. The molecular formula is C27H28N2O2. The van der Waals surface area contributed by atoms with Crippen LogP contribution in [0.25, 0.3) is 16.8 Å². The molecule has 4 heteroatoms. The minimum Gasteiger partial charge on any atom is -0.506 e. The number of hydrogen-bond donors (Lipinski definition) is 2. The molecule has 1 aliphatic carbocycles. The van der Waals surface area contributed by atoms with Crippen LogP contribution in [0.1, 0.15) is 53.5 Å². The monoisotopic (exact) mass is 412 g/mol. The van der Waals surface area contributed by atoms with Crippen molar-refractivity contribution in [2.45, 2.75) is 37.7 Å². The van der Waals surface area contributed by atoms with E-state index in [4.69, 9.17) is 0 Å². The Kier molecular flexibility index (Phi) is 5.24. The number of benzene rings is 2. The van der Waals surface area contributed by atoms with E-state index >= 15 is 0 Å². The highest BCUT2D eigenvalue weighted by Gasteiger charge is 2.28. The fourth-order valence-electron chi connectivity index (χ4n) is 4.80. The van der Waals surface area contributed by atoms with Crippen LogP contribution in [0.3, 0.4) is 0 Å². The summed E-state index contributed by atoms with van der Waals surface area (Å²) in [5.41, 5.74) is 7.83. The first-order valence-corrected chi connectivity index (χ1v) is 11.1. The minimum absolute atomic E-state index is 0.0474. The van der Waals surface area contributed by atoms with E-state index in [2.05, 4.69) is 58.9 Å². The van der Waals surface area contributed by atoms with Crippen LogP contribution in [0.4, 0.5) is 0 Å². The molecule has 2 fully saturated rings. The van der Waals surface area contributed by atoms with Crippen molar-refractivity contribution in [2.75, 3.05) is 13.1 Å². The Morgan fingerprint density at radius 2 is 1.84 bits per heavy atom. The lowest BCUT2D eigenvalue weighted by atomic mass is 9.89. The van der Waals surface area contributed by atoms with Crippen LogP contribution in [-0.2, 0) is 6.61 Å². The van der Waals surface area contributed by atoms with Gasteiger partial charge < -0.3 is 15.1 Å². The molecule has 1 atom stereocenters. The summed E-state index contributed by atoms with van der Waals surface area (Å²) >= 11 is 0. The Labute approximate surface area is 183 Å². The summed E-state index contributed by atoms with van der Waals surface area (Å²) in [4.78, 5) is 6.55. The number of pyridine rings is 1. The van der Waals surface area contributed by atoms with E-state index in [0.717, 1.165) is 36.5 Å². The summed E-state index contributed by atoms with van der Waals surface area (Å²) in [5, 5.41) is 19.6. The van der Waals surface area contributed by atoms with E-state index < -0.39 is 0 Å². The van der Waals surface area contributed by atoms with Crippen LogP contribution in [0, 0.1) is 0 Å². The van der Waals surface area contributed by atoms with Crippen LogP contribution >= 0.6 is 0 Å². The second-order valence-corrected chi connectivity index (χ2v) is 8.71.